The predicted molar refractivity (Wildman–Crippen MR) is 73.4 cm³/mol. The Morgan fingerprint density at radius 1 is 1.22 bits per heavy atom. The lowest BCUT2D eigenvalue weighted by atomic mass is 9.99. The van der Waals surface area contributed by atoms with Crippen molar-refractivity contribution in [3.63, 3.8) is 0 Å². The van der Waals surface area contributed by atoms with Crippen LogP contribution in [0, 0.1) is 5.92 Å². The van der Waals surface area contributed by atoms with E-state index in [0.29, 0.717) is 5.92 Å². The van der Waals surface area contributed by atoms with Crippen LogP contribution in [-0.4, -0.2) is 26.8 Å². The van der Waals surface area contributed by atoms with Crippen molar-refractivity contribution >= 4 is 0 Å². The second-order valence-corrected chi connectivity index (χ2v) is 5.13. The minimum absolute atomic E-state index is 0.579. The fourth-order valence-electron chi connectivity index (χ4n) is 2.21. The Balaban J connectivity index is 2.00. The van der Waals surface area contributed by atoms with Crippen molar-refractivity contribution in [3.8, 4) is 11.5 Å². The average Bonchev–Trinajstić information content (AvgIpc) is 3.20. The van der Waals surface area contributed by atoms with E-state index < -0.39 is 0 Å². The lowest BCUT2D eigenvalue weighted by Crippen LogP contribution is -2.24. The zero-order chi connectivity index (χ0) is 13.0. The molecule has 100 valence electrons. The number of hydrogen-bond acceptors (Lipinski definition) is 3. The highest BCUT2D eigenvalue weighted by atomic mass is 16.5. The summed E-state index contributed by atoms with van der Waals surface area (Å²) in [7, 11) is 3.43. The van der Waals surface area contributed by atoms with Gasteiger partial charge in [-0.25, -0.2) is 0 Å². The van der Waals surface area contributed by atoms with Gasteiger partial charge in [-0.05, 0) is 43.9 Å². The summed E-state index contributed by atoms with van der Waals surface area (Å²) in [6.07, 6.45) is 3.66. The molecule has 1 aliphatic rings. The maximum atomic E-state index is 5.43. The number of methoxy groups -OCH3 is 2. The van der Waals surface area contributed by atoms with Crippen LogP contribution in [0.2, 0.25) is 0 Å². The number of hydrogen-bond donors (Lipinski definition) is 1. The quantitative estimate of drug-likeness (QED) is 0.806. The Morgan fingerprint density at radius 2 is 1.83 bits per heavy atom. The van der Waals surface area contributed by atoms with Crippen LogP contribution in [0.4, 0.5) is 0 Å². The van der Waals surface area contributed by atoms with Crippen molar-refractivity contribution < 1.29 is 9.47 Å². The normalized spacial score (nSPS) is 16.4. The summed E-state index contributed by atoms with van der Waals surface area (Å²) in [5.74, 6) is 2.43. The van der Waals surface area contributed by atoms with Crippen LogP contribution in [0.15, 0.2) is 18.2 Å². The average molecular weight is 249 g/mol. The molecule has 0 saturated heterocycles. The highest BCUT2D eigenvalue weighted by Gasteiger charge is 2.21. The molecule has 0 spiro atoms. The summed E-state index contributed by atoms with van der Waals surface area (Å²) in [5, 5.41) is 3.57. The maximum Gasteiger partial charge on any atom is 0.125 e. The minimum Gasteiger partial charge on any atom is -0.496 e. The van der Waals surface area contributed by atoms with Gasteiger partial charge in [0, 0.05) is 11.6 Å². The van der Waals surface area contributed by atoms with Gasteiger partial charge in [-0.15, -0.1) is 0 Å². The molecule has 1 aromatic rings. The fourth-order valence-corrected chi connectivity index (χ4v) is 2.21. The Morgan fingerprint density at radius 3 is 2.33 bits per heavy atom. The summed E-state index contributed by atoms with van der Waals surface area (Å²) in [5.41, 5.74) is 1.17. The maximum absolute atomic E-state index is 5.43. The fraction of sp³-hybridized carbons (Fsp3) is 0.600. The van der Waals surface area contributed by atoms with Crippen LogP contribution in [0.5, 0.6) is 11.5 Å². The predicted octanol–water partition coefficient (Wildman–Crippen LogP) is 2.63. The van der Waals surface area contributed by atoms with E-state index in [1.807, 2.05) is 18.2 Å². The molecule has 0 aromatic heterocycles. The molecular formula is C15H23NO2. The molecule has 1 fully saturated rings. The first kappa shape index (κ1) is 13.2. The van der Waals surface area contributed by atoms with Crippen molar-refractivity contribution in [1.29, 1.82) is 0 Å². The number of benzene rings is 1. The molecule has 3 nitrogen and oxygen atoms in total. The first-order valence-corrected chi connectivity index (χ1v) is 6.67. The number of rotatable bonds is 7. The molecule has 2 rings (SSSR count). The molecule has 3 heteroatoms. The SMILES string of the molecule is COc1cccc(OC)c1CC(C)CNC1CC1. The molecule has 18 heavy (non-hydrogen) atoms. The molecule has 1 aromatic carbocycles. The van der Waals surface area contributed by atoms with Gasteiger partial charge >= 0.3 is 0 Å². The standard InChI is InChI=1S/C15H23NO2/c1-11(10-16-12-7-8-12)9-13-14(17-2)5-4-6-15(13)18-3/h4-6,11-12,16H,7-10H2,1-3H3. The van der Waals surface area contributed by atoms with Crippen LogP contribution in [0.1, 0.15) is 25.3 Å². The molecular weight excluding hydrogens is 226 g/mol. The van der Waals surface area contributed by atoms with E-state index in [0.717, 1.165) is 30.5 Å². The van der Waals surface area contributed by atoms with Gasteiger partial charge in [-0.1, -0.05) is 13.0 Å². The summed E-state index contributed by atoms with van der Waals surface area (Å²) >= 11 is 0. The van der Waals surface area contributed by atoms with Crippen LogP contribution in [0.3, 0.4) is 0 Å². The molecule has 1 N–H and O–H groups in total. The lowest BCUT2D eigenvalue weighted by Gasteiger charge is -2.17. The smallest absolute Gasteiger partial charge is 0.125 e. The van der Waals surface area contributed by atoms with E-state index in [1.165, 1.54) is 18.4 Å². The van der Waals surface area contributed by atoms with Crippen molar-refractivity contribution in [2.75, 3.05) is 20.8 Å². The first-order chi connectivity index (χ1) is 8.74. The molecule has 0 aliphatic heterocycles. The van der Waals surface area contributed by atoms with E-state index in [-0.39, 0.29) is 0 Å². The van der Waals surface area contributed by atoms with Gasteiger partial charge in [0.1, 0.15) is 11.5 Å². The van der Waals surface area contributed by atoms with E-state index in [4.69, 9.17) is 9.47 Å². The van der Waals surface area contributed by atoms with Crippen LogP contribution < -0.4 is 14.8 Å². The Labute approximate surface area is 109 Å². The highest BCUT2D eigenvalue weighted by Crippen LogP contribution is 2.30. The highest BCUT2D eigenvalue weighted by molar-refractivity contribution is 5.45. The first-order valence-electron chi connectivity index (χ1n) is 6.67. The van der Waals surface area contributed by atoms with E-state index >= 15 is 0 Å². The van der Waals surface area contributed by atoms with E-state index in [9.17, 15) is 0 Å². The van der Waals surface area contributed by atoms with Crippen molar-refractivity contribution in [2.45, 2.75) is 32.2 Å². The van der Waals surface area contributed by atoms with Gasteiger partial charge in [-0.2, -0.15) is 0 Å². The zero-order valence-corrected chi connectivity index (χ0v) is 11.5. The lowest BCUT2D eigenvalue weighted by molar-refractivity contribution is 0.377. The monoisotopic (exact) mass is 249 g/mol. The van der Waals surface area contributed by atoms with Gasteiger partial charge in [0.15, 0.2) is 0 Å². The summed E-state index contributed by atoms with van der Waals surface area (Å²) < 4.78 is 10.9. The van der Waals surface area contributed by atoms with E-state index in [2.05, 4.69) is 12.2 Å². The van der Waals surface area contributed by atoms with Crippen molar-refractivity contribution in [3.05, 3.63) is 23.8 Å². The second kappa shape index (κ2) is 6.10. The zero-order valence-electron chi connectivity index (χ0n) is 11.5. The second-order valence-electron chi connectivity index (χ2n) is 5.13. The summed E-state index contributed by atoms with van der Waals surface area (Å²) in [4.78, 5) is 0. The van der Waals surface area contributed by atoms with E-state index in [1.54, 1.807) is 14.2 Å². The van der Waals surface area contributed by atoms with Gasteiger partial charge < -0.3 is 14.8 Å². The Hall–Kier alpha value is -1.22. The van der Waals surface area contributed by atoms with Crippen LogP contribution in [0.25, 0.3) is 0 Å². The Kier molecular flexibility index (Phi) is 4.48. The summed E-state index contributed by atoms with van der Waals surface area (Å²) in [6.45, 7) is 3.33. The van der Waals surface area contributed by atoms with Gasteiger partial charge in [0.05, 0.1) is 14.2 Å². The Bertz CT molecular complexity index is 366. The third-order valence-electron chi connectivity index (χ3n) is 3.41. The van der Waals surface area contributed by atoms with Gasteiger partial charge in [-0.3, -0.25) is 0 Å². The van der Waals surface area contributed by atoms with Gasteiger partial charge in [0.2, 0.25) is 0 Å². The third-order valence-corrected chi connectivity index (χ3v) is 3.41. The van der Waals surface area contributed by atoms with Crippen molar-refractivity contribution in [2.24, 2.45) is 5.92 Å². The summed E-state index contributed by atoms with van der Waals surface area (Å²) in [6, 6.07) is 6.73. The largest absolute Gasteiger partial charge is 0.496 e. The molecule has 0 radical (unpaired) electrons. The molecule has 0 amide bonds. The minimum atomic E-state index is 0.579. The molecule has 1 aliphatic carbocycles. The van der Waals surface area contributed by atoms with Crippen LogP contribution >= 0.6 is 0 Å². The topological polar surface area (TPSA) is 30.5 Å². The van der Waals surface area contributed by atoms with Crippen molar-refractivity contribution in [1.82, 2.24) is 5.32 Å². The molecule has 0 heterocycles. The third kappa shape index (κ3) is 3.39. The van der Waals surface area contributed by atoms with Gasteiger partial charge in [0.25, 0.3) is 0 Å². The number of ether oxygens (including phenoxy) is 2. The molecule has 1 saturated carbocycles. The molecule has 1 atom stereocenters. The number of nitrogens with one attached hydrogen (secondary N) is 1. The molecule has 1 unspecified atom stereocenters. The van der Waals surface area contributed by atoms with Crippen LogP contribution in [-0.2, 0) is 6.42 Å². The molecule has 0 bridgehead atoms.